The SMILES string of the molecule is Cc1cc(F)ccc1CN(C(C)C)S(=O)(=O)c1c(C)c(F)c(C)c(F)c1F. The molecule has 0 N–H and O–H groups in total. The summed E-state index contributed by atoms with van der Waals surface area (Å²) in [5, 5.41) is 0. The molecule has 2 rings (SSSR count). The standard InChI is InChI=1S/C19H21F4NO2S/c1-10(2)24(9-14-6-7-15(20)8-11(14)3)27(25,26)19-13(5)16(21)12(4)17(22)18(19)23/h6-8,10H,9H2,1-5H3. The number of sulfonamides is 1. The van der Waals surface area contributed by atoms with Gasteiger partial charge < -0.3 is 0 Å². The number of rotatable bonds is 5. The number of hydrogen-bond acceptors (Lipinski definition) is 2. The van der Waals surface area contributed by atoms with E-state index in [0.29, 0.717) is 11.1 Å². The van der Waals surface area contributed by atoms with E-state index in [4.69, 9.17) is 0 Å². The van der Waals surface area contributed by atoms with Crippen LogP contribution in [0.3, 0.4) is 0 Å². The summed E-state index contributed by atoms with van der Waals surface area (Å²) in [5.41, 5.74) is -0.0450. The summed E-state index contributed by atoms with van der Waals surface area (Å²) in [7, 11) is -4.56. The first-order valence-corrected chi connectivity index (χ1v) is 9.74. The number of aryl methyl sites for hydroxylation is 1. The summed E-state index contributed by atoms with van der Waals surface area (Å²) in [4.78, 5) is -1.02. The van der Waals surface area contributed by atoms with E-state index < -0.39 is 55.4 Å². The monoisotopic (exact) mass is 403 g/mol. The number of halogens is 4. The second-order valence-electron chi connectivity index (χ2n) is 6.74. The zero-order valence-corrected chi connectivity index (χ0v) is 16.5. The Morgan fingerprint density at radius 2 is 1.52 bits per heavy atom. The first-order valence-electron chi connectivity index (χ1n) is 8.30. The van der Waals surface area contributed by atoms with Crippen molar-refractivity contribution in [2.24, 2.45) is 0 Å². The molecule has 8 heteroatoms. The van der Waals surface area contributed by atoms with Gasteiger partial charge in [-0.15, -0.1) is 0 Å². The second-order valence-corrected chi connectivity index (χ2v) is 8.56. The molecule has 0 spiro atoms. The smallest absolute Gasteiger partial charge is 0.207 e. The molecule has 0 aliphatic heterocycles. The molecule has 148 valence electrons. The third kappa shape index (κ3) is 3.87. The van der Waals surface area contributed by atoms with Crippen LogP contribution < -0.4 is 0 Å². The molecule has 0 radical (unpaired) electrons. The molecular formula is C19H21F4NO2S. The van der Waals surface area contributed by atoms with Gasteiger partial charge in [0.15, 0.2) is 11.6 Å². The summed E-state index contributed by atoms with van der Waals surface area (Å²) >= 11 is 0. The minimum Gasteiger partial charge on any atom is -0.207 e. The van der Waals surface area contributed by atoms with Crippen LogP contribution in [0, 0.1) is 44.0 Å². The Kier molecular flexibility index (Phi) is 6.01. The van der Waals surface area contributed by atoms with Crippen LogP contribution in [0.25, 0.3) is 0 Å². The van der Waals surface area contributed by atoms with Crippen LogP contribution in [0.5, 0.6) is 0 Å². The van der Waals surface area contributed by atoms with Gasteiger partial charge in [0.05, 0.1) is 0 Å². The lowest BCUT2D eigenvalue weighted by atomic mass is 10.1. The van der Waals surface area contributed by atoms with E-state index >= 15 is 0 Å². The molecule has 2 aromatic carbocycles. The molecule has 0 fully saturated rings. The highest BCUT2D eigenvalue weighted by Crippen LogP contribution is 2.31. The molecule has 0 aliphatic carbocycles. The van der Waals surface area contributed by atoms with Crippen LogP contribution in [0.15, 0.2) is 23.1 Å². The Morgan fingerprint density at radius 1 is 0.926 bits per heavy atom. The maximum atomic E-state index is 14.5. The van der Waals surface area contributed by atoms with Gasteiger partial charge >= 0.3 is 0 Å². The molecule has 0 heterocycles. The minimum absolute atomic E-state index is 0.192. The summed E-state index contributed by atoms with van der Waals surface area (Å²) in [5.74, 6) is -4.71. The molecule has 0 unspecified atom stereocenters. The molecule has 0 saturated heterocycles. The van der Waals surface area contributed by atoms with Crippen LogP contribution in [-0.2, 0) is 16.6 Å². The molecule has 27 heavy (non-hydrogen) atoms. The molecular weight excluding hydrogens is 382 g/mol. The Morgan fingerprint density at radius 3 is 2.04 bits per heavy atom. The van der Waals surface area contributed by atoms with Gasteiger partial charge in [0.1, 0.15) is 16.5 Å². The molecule has 0 aliphatic rings. The van der Waals surface area contributed by atoms with Crippen LogP contribution in [0.2, 0.25) is 0 Å². The lowest BCUT2D eigenvalue weighted by molar-refractivity contribution is 0.343. The summed E-state index contributed by atoms with van der Waals surface area (Å²) in [6.45, 7) is 6.68. The molecule has 0 bridgehead atoms. The van der Waals surface area contributed by atoms with Gasteiger partial charge in [0.25, 0.3) is 0 Å². The lowest BCUT2D eigenvalue weighted by Crippen LogP contribution is -2.37. The van der Waals surface area contributed by atoms with Crippen molar-refractivity contribution in [2.45, 2.75) is 52.1 Å². The van der Waals surface area contributed by atoms with Gasteiger partial charge in [-0.3, -0.25) is 0 Å². The van der Waals surface area contributed by atoms with Crippen LogP contribution >= 0.6 is 0 Å². The molecule has 0 amide bonds. The Bertz CT molecular complexity index is 959. The van der Waals surface area contributed by atoms with Gasteiger partial charge in [-0.2, -0.15) is 4.31 Å². The maximum Gasteiger partial charge on any atom is 0.247 e. The zero-order chi connectivity index (χ0) is 20.7. The zero-order valence-electron chi connectivity index (χ0n) is 15.7. The van der Waals surface area contributed by atoms with Crippen molar-refractivity contribution in [1.29, 1.82) is 0 Å². The largest absolute Gasteiger partial charge is 0.247 e. The molecule has 0 atom stereocenters. The van der Waals surface area contributed by atoms with Crippen LogP contribution in [0.1, 0.15) is 36.1 Å². The van der Waals surface area contributed by atoms with E-state index in [0.717, 1.165) is 18.2 Å². The fraction of sp³-hybridized carbons (Fsp3) is 0.368. The highest BCUT2D eigenvalue weighted by atomic mass is 32.2. The quantitative estimate of drug-likeness (QED) is 0.533. The number of nitrogens with zero attached hydrogens (tertiary/aromatic N) is 1. The van der Waals surface area contributed by atoms with Crippen molar-refractivity contribution in [2.75, 3.05) is 0 Å². The van der Waals surface area contributed by atoms with E-state index in [1.807, 2.05) is 0 Å². The third-order valence-corrected chi connectivity index (χ3v) is 6.66. The highest BCUT2D eigenvalue weighted by molar-refractivity contribution is 7.89. The molecule has 3 nitrogen and oxygen atoms in total. The van der Waals surface area contributed by atoms with Gasteiger partial charge in [0.2, 0.25) is 10.0 Å². The van der Waals surface area contributed by atoms with Crippen molar-refractivity contribution >= 4 is 10.0 Å². The fourth-order valence-corrected chi connectivity index (χ4v) is 4.77. The average molecular weight is 403 g/mol. The predicted octanol–water partition coefficient (Wildman–Crippen LogP) is 4.77. The van der Waals surface area contributed by atoms with Crippen molar-refractivity contribution in [3.8, 4) is 0 Å². The van der Waals surface area contributed by atoms with Crippen LogP contribution in [0.4, 0.5) is 17.6 Å². The van der Waals surface area contributed by atoms with E-state index in [2.05, 4.69) is 0 Å². The average Bonchev–Trinajstić information content (AvgIpc) is 2.56. The number of hydrogen-bond donors (Lipinski definition) is 0. The van der Waals surface area contributed by atoms with E-state index in [1.54, 1.807) is 20.8 Å². The van der Waals surface area contributed by atoms with Crippen molar-refractivity contribution < 1.29 is 26.0 Å². The van der Waals surface area contributed by atoms with Gasteiger partial charge in [0, 0.05) is 23.7 Å². The Hall–Kier alpha value is -1.93. The second kappa shape index (κ2) is 7.59. The number of benzene rings is 2. The van der Waals surface area contributed by atoms with Crippen molar-refractivity contribution in [1.82, 2.24) is 4.31 Å². The maximum absolute atomic E-state index is 14.5. The fourth-order valence-electron chi connectivity index (χ4n) is 2.88. The van der Waals surface area contributed by atoms with Gasteiger partial charge in [-0.05, 0) is 57.9 Å². The topological polar surface area (TPSA) is 37.4 Å². The molecule has 2 aromatic rings. The Labute approximate surface area is 156 Å². The minimum atomic E-state index is -4.56. The summed E-state index contributed by atoms with van der Waals surface area (Å²) < 4.78 is 83.2. The first-order chi connectivity index (χ1) is 12.4. The summed E-state index contributed by atoms with van der Waals surface area (Å²) in [6, 6.07) is 3.22. The normalized spacial score (nSPS) is 12.3. The molecule has 0 aromatic heterocycles. The van der Waals surface area contributed by atoms with E-state index in [9.17, 15) is 26.0 Å². The first kappa shape index (κ1) is 21.4. The molecule has 0 saturated carbocycles. The van der Waals surface area contributed by atoms with Crippen molar-refractivity contribution in [3.63, 3.8) is 0 Å². The Balaban J connectivity index is 2.64. The lowest BCUT2D eigenvalue weighted by Gasteiger charge is -2.28. The highest BCUT2D eigenvalue weighted by Gasteiger charge is 2.35. The van der Waals surface area contributed by atoms with Gasteiger partial charge in [-0.25, -0.2) is 26.0 Å². The van der Waals surface area contributed by atoms with Crippen LogP contribution in [-0.4, -0.2) is 18.8 Å². The summed E-state index contributed by atoms with van der Waals surface area (Å²) in [6.07, 6.45) is 0. The van der Waals surface area contributed by atoms with E-state index in [-0.39, 0.29) is 6.54 Å². The third-order valence-electron chi connectivity index (χ3n) is 4.49. The van der Waals surface area contributed by atoms with E-state index in [1.165, 1.54) is 18.2 Å². The predicted molar refractivity (Wildman–Crippen MR) is 94.8 cm³/mol. The van der Waals surface area contributed by atoms with Gasteiger partial charge in [-0.1, -0.05) is 6.07 Å². The van der Waals surface area contributed by atoms with Crippen molar-refractivity contribution in [3.05, 3.63) is 63.7 Å².